The van der Waals surface area contributed by atoms with Crippen LogP contribution in [0.4, 0.5) is 0 Å². The lowest BCUT2D eigenvalue weighted by Gasteiger charge is -2.60. The highest BCUT2D eigenvalue weighted by Crippen LogP contribution is 2.63. The van der Waals surface area contributed by atoms with Gasteiger partial charge in [0.05, 0.1) is 11.8 Å². The molecule has 3 atom stereocenters. The first-order chi connectivity index (χ1) is 13.0. The number of hydrogen-bond donors (Lipinski definition) is 2. The quantitative estimate of drug-likeness (QED) is 0.842. The summed E-state index contributed by atoms with van der Waals surface area (Å²) in [6.45, 7) is 1.76. The molecule has 5 aliphatic carbocycles. The third-order valence-electron chi connectivity index (χ3n) is 8.73. The first-order valence-corrected chi connectivity index (χ1v) is 11.0. The van der Waals surface area contributed by atoms with Gasteiger partial charge in [0, 0.05) is 30.6 Å². The fourth-order valence-electron chi connectivity index (χ4n) is 8.25. The van der Waals surface area contributed by atoms with E-state index in [0.717, 1.165) is 51.6 Å². The van der Waals surface area contributed by atoms with Gasteiger partial charge in [-0.3, -0.25) is 9.89 Å². The lowest BCUT2D eigenvalue weighted by Crippen LogP contribution is -2.57. The molecule has 5 nitrogen and oxygen atoms in total. The third-order valence-corrected chi connectivity index (χ3v) is 8.73. The molecule has 0 aromatic carbocycles. The van der Waals surface area contributed by atoms with Crippen molar-refractivity contribution in [2.24, 2.45) is 17.3 Å². The largest absolute Gasteiger partial charge is 0.390 e. The molecule has 1 amide bonds. The molecular weight excluding hydrogens is 338 g/mol. The summed E-state index contributed by atoms with van der Waals surface area (Å²) in [5.41, 5.74) is 2.37. The predicted octanol–water partition coefficient (Wildman–Crippen LogP) is 2.94. The molecule has 6 aliphatic rings. The minimum Gasteiger partial charge on any atom is -0.390 e. The number of carbonyl (C=O) groups excluding carboxylic acids is 1. The maximum absolute atomic E-state index is 13.4. The van der Waals surface area contributed by atoms with Gasteiger partial charge in [-0.1, -0.05) is 0 Å². The smallest absolute Gasteiger partial charge is 0.223 e. The molecule has 27 heavy (non-hydrogen) atoms. The van der Waals surface area contributed by atoms with E-state index in [2.05, 4.69) is 15.1 Å². The van der Waals surface area contributed by atoms with Gasteiger partial charge in [0.2, 0.25) is 5.91 Å². The van der Waals surface area contributed by atoms with E-state index in [0.29, 0.717) is 24.2 Å². The highest BCUT2D eigenvalue weighted by Gasteiger charge is 2.58. The molecule has 4 bridgehead atoms. The number of nitrogens with zero attached hydrogens (tertiary/aromatic N) is 2. The van der Waals surface area contributed by atoms with Gasteiger partial charge in [-0.15, -0.1) is 0 Å². The van der Waals surface area contributed by atoms with E-state index in [9.17, 15) is 9.90 Å². The minimum absolute atomic E-state index is 0.0787. The molecule has 1 aromatic rings. The molecular formula is C22H31N3O2. The summed E-state index contributed by atoms with van der Waals surface area (Å²) in [6.07, 6.45) is 13.6. The molecule has 4 saturated carbocycles. The van der Waals surface area contributed by atoms with Gasteiger partial charge in [0.15, 0.2) is 0 Å². The number of carbonyl (C=O) groups is 1. The second-order valence-corrected chi connectivity index (χ2v) is 10.8. The number of fused-ring (bicyclic) bond motifs is 2. The Bertz CT molecular complexity index is 772. The van der Waals surface area contributed by atoms with Gasteiger partial charge in [-0.05, 0) is 87.0 Å². The zero-order chi connectivity index (χ0) is 18.3. The van der Waals surface area contributed by atoms with E-state index in [1.54, 1.807) is 0 Å². The Hall–Kier alpha value is -1.36. The van der Waals surface area contributed by atoms with Crippen LogP contribution in [0.15, 0.2) is 6.20 Å². The molecule has 1 spiro atoms. The topological polar surface area (TPSA) is 69.2 Å². The van der Waals surface area contributed by atoms with Gasteiger partial charge in [0.1, 0.15) is 0 Å². The van der Waals surface area contributed by atoms with Gasteiger partial charge in [-0.25, -0.2) is 0 Å². The van der Waals surface area contributed by atoms with Gasteiger partial charge >= 0.3 is 0 Å². The lowest BCUT2D eigenvalue weighted by molar-refractivity contribution is -0.172. The number of rotatable bonds is 2. The molecule has 5 heteroatoms. The van der Waals surface area contributed by atoms with Gasteiger partial charge < -0.3 is 10.0 Å². The van der Waals surface area contributed by atoms with Crippen molar-refractivity contribution in [1.82, 2.24) is 15.1 Å². The van der Waals surface area contributed by atoms with E-state index in [1.807, 2.05) is 6.20 Å². The van der Waals surface area contributed by atoms with Crippen molar-refractivity contribution in [2.75, 3.05) is 13.1 Å². The predicted molar refractivity (Wildman–Crippen MR) is 101 cm³/mol. The molecule has 1 aromatic heterocycles. The minimum atomic E-state index is -0.468. The third kappa shape index (κ3) is 2.46. The van der Waals surface area contributed by atoms with Crippen LogP contribution < -0.4 is 0 Å². The van der Waals surface area contributed by atoms with Crippen molar-refractivity contribution in [3.05, 3.63) is 17.5 Å². The zero-order valence-corrected chi connectivity index (χ0v) is 16.2. The van der Waals surface area contributed by atoms with E-state index in [4.69, 9.17) is 0 Å². The number of aliphatic hydroxyl groups is 1. The Labute approximate surface area is 160 Å². The summed E-state index contributed by atoms with van der Waals surface area (Å²) in [4.78, 5) is 15.6. The summed E-state index contributed by atoms with van der Waals surface area (Å²) in [5, 5.41) is 18.5. The molecule has 2 N–H and O–H groups in total. The average Bonchev–Trinajstić information content (AvgIpc) is 3.17. The van der Waals surface area contributed by atoms with Gasteiger partial charge in [-0.2, -0.15) is 5.10 Å². The van der Waals surface area contributed by atoms with Crippen LogP contribution in [0, 0.1) is 17.3 Å². The summed E-state index contributed by atoms with van der Waals surface area (Å²) in [6, 6.07) is 0. The monoisotopic (exact) mass is 369 g/mol. The van der Waals surface area contributed by atoms with Crippen molar-refractivity contribution >= 4 is 5.91 Å². The van der Waals surface area contributed by atoms with Crippen LogP contribution in [0.5, 0.6) is 0 Å². The molecule has 5 fully saturated rings. The standard InChI is InChI=1S/C22H31N3O2/c26-18(11-20-7-15-6-16(8-20)10-22(27,9-15)13-20)25-5-1-3-21(14-25)4-2-17-12-23-24-19(17)21/h12,15-16,27H,1-11,13-14H2,(H,23,24). The maximum atomic E-state index is 13.4. The molecule has 2 heterocycles. The Balaban J connectivity index is 1.21. The number of nitrogens with one attached hydrogen (secondary N) is 1. The normalized spacial score (nSPS) is 44.9. The zero-order valence-electron chi connectivity index (χ0n) is 16.2. The second kappa shape index (κ2) is 5.37. The van der Waals surface area contributed by atoms with E-state index in [1.165, 1.54) is 36.9 Å². The lowest BCUT2D eigenvalue weighted by atomic mass is 9.47. The second-order valence-electron chi connectivity index (χ2n) is 10.8. The van der Waals surface area contributed by atoms with Crippen LogP contribution in [0.1, 0.15) is 75.5 Å². The van der Waals surface area contributed by atoms with Crippen molar-refractivity contribution in [3.63, 3.8) is 0 Å². The van der Waals surface area contributed by atoms with Crippen molar-refractivity contribution in [2.45, 2.75) is 81.6 Å². The van der Waals surface area contributed by atoms with E-state index < -0.39 is 5.60 Å². The SMILES string of the molecule is O=C(CC12CC3CC(CC(O)(C3)C1)C2)N1CCCC2(CCc3cn[nH]c32)C1. The van der Waals surface area contributed by atoms with E-state index >= 15 is 0 Å². The summed E-state index contributed by atoms with van der Waals surface area (Å²) >= 11 is 0. The van der Waals surface area contributed by atoms with Crippen molar-refractivity contribution in [1.29, 1.82) is 0 Å². The van der Waals surface area contributed by atoms with Crippen LogP contribution in [0.3, 0.4) is 0 Å². The molecule has 7 rings (SSSR count). The maximum Gasteiger partial charge on any atom is 0.223 e. The Morgan fingerprint density at radius 3 is 2.85 bits per heavy atom. The number of hydrogen-bond acceptors (Lipinski definition) is 3. The fraction of sp³-hybridized carbons (Fsp3) is 0.818. The Morgan fingerprint density at radius 1 is 1.26 bits per heavy atom. The molecule has 0 radical (unpaired) electrons. The van der Waals surface area contributed by atoms with E-state index in [-0.39, 0.29) is 10.8 Å². The number of H-pyrrole nitrogens is 1. The Kier molecular flexibility index (Phi) is 3.30. The summed E-state index contributed by atoms with van der Waals surface area (Å²) in [5.74, 6) is 1.64. The summed E-state index contributed by atoms with van der Waals surface area (Å²) in [7, 11) is 0. The summed E-state index contributed by atoms with van der Waals surface area (Å²) < 4.78 is 0. The average molecular weight is 370 g/mol. The number of aromatic nitrogens is 2. The number of aryl methyl sites for hydroxylation is 1. The Morgan fingerprint density at radius 2 is 2.07 bits per heavy atom. The first kappa shape index (κ1) is 16.6. The van der Waals surface area contributed by atoms with Crippen LogP contribution in [-0.4, -0.2) is 44.8 Å². The van der Waals surface area contributed by atoms with Crippen LogP contribution in [0.25, 0.3) is 0 Å². The number of amides is 1. The number of piperidine rings is 1. The number of likely N-dealkylation sites (tertiary alicyclic amines) is 1. The van der Waals surface area contributed by atoms with Crippen molar-refractivity contribution in [3.8, 4) is 0 Å². The highest BCUT2D eigenvalue weighted by molar-refractivity contribution is 5.77. The van der Waals surface area contributed by atoms with Crippen LogP contribution in [-0.2, 0) is 16.6 Å². The van der Waals surface area contributed by atoms with Crippen LogP contribution >= 0.6 is 0 Å². The van der Waals surface area contributed by atoms with Gasteiger partial charge in [0.25, 0.3) is 0 Å². The highest BCUT2D eigenvalue weighted by atomic mass is 16.3. The van der Waals surface area contributed by atoms with Crippen molar-refractivity contribution < 1.29 is 9.90 Å². The molecule has 3 unspecified atom stereocenters. The first-order valence-electron chi connectivity index (χ1n) is 11.0. The fourth-order valence-corrected chi connectivity index (χ4v) is 8.25. The molecule has 1 aliphatic heterocycles. The molecule has 1 saturated heterocycles. The molecule has 146 valence electrons. The van der Waals surface area contributed by atoms with Crippen LogP contribution in [0.2, 0.25) is 0 Å². The number of aromatic amines is 1.